The Morgan fingerprint density at radius 1 is 1.29 bits per heavy atom. The van der Waals surface area contributed by atoms with Gasteiger partial charge in [-0.2, -0.15) is 0 Å². The summed E-state index contributed by atoms with van der Waals surface area (Å²) in [4.78, 5) is 10.9. The van der Waals surface area contributed by atoms with Gasteiger partial charge in [-0.25, -0.2) is 0 Å². The summed E-state index contributed by atoms with van der Waals surface area (Å²) in [7, 11) is 1.62. The Bertz CT molecular complexity index is 433. The maximum atomic E-state index is 10.9. The van der Waals surface area contributed by atoms with Crippen LogP contribution in [0.25, 0.3) is 0 Å². The van der Waals surface area contributed by atoms with Crippen LogP contribution in [0.3, 0.4) is 0 Å². The van der Waals surface area contributed by atoms with Crippen LogP contribution >= 0.6 is 0 Å². The molecule has 0 amide bonds. The van der Waals surface area contributed by atoms with Crippen molar-refractivity contribution in [1.82, 2.24) is 0 Å². The van der Waals surface area contributed by atoms with Crippen molar-refractivity contribution < 1.29 is 14.6 Å². The molecule has 0 saturated heterocycles. The molecule has 1 aromatic carbocycles. The molecular weight excluding hydrogens is 216 g/mol. The maximum Gasteiger partial charge on any atom is 0.304 e. The van der Waals surface area contributed by atoms with E-state index in [1.807, 2.05) is 39.8 Å². The van der Waals surface area contributed by atoms with Crippen LogP contribution in [-0.2, 0) is 10.2 Å². The fraction of sp³-hybridized carbons (Fsp3) is 0.500. The zero-order valence-electron chi connectivity index (χ0n) is 11.1. The largest absolute Gasteiger partial charge is 0.496 e. The highest BCUT2D eigenvalue weighted by molar-refractivity contribution is 5.69. The number of aryl methyl sites for hydroxylation is 2. The first kappa shape index (κ1) is 13.6. The Morgan fingerprint density at radius 3 is 2.29 bits per heavy atom. The summed E-state index contributed by atoms with van der Waals surface area (Å²) in [6, 6.07) is 3.99. The van der Waals surface area contributed by atoms with Gasteiger partial charge in [0.1, 0.15) is 5.75 Å². The second kappa shape index (κ2) is 4.78. The van der Waals surface area contributed by atoms with Gasteiger partial charge in [-0.1, -0.05) is 19.9 Å². The monoisotopic (exact) mass is 236 g/mol. The Labute approximate surface area is 102 Å². The second-order valence-electron chi connectivity index (χ2n) is 5.09. The van der Waals surface area contributed by atoms with Gasteiger partial charge >= 0.3 is 5.97 Å². The van der Waals surface area contributed by atoms with Gasteiger partial charge in [-0.15, -0.1) is 0 Å². The third-order valence-corrected chi connectivity index (χ3v) is 3.14. The van der Waals surface area contributed by atoms with Gasteiger partial charge in [0.25, 0.3) is 0 Å². The number of carbonyl (C=O) groups is 1. The van der Waals surface area contributed by atoms with E-state index in [0.717, 1.165) is 22.4 Å². The van der Waals surface area contributed by atoms with Crippen molar-refractivity contribution in [3.05, 3.63) is 28.8 Å². The molecular formula is C14H20O3. The first-order valence-corrected chi connectivity index (χ1v) is 5.65. The molecule has 1 N–H and O–H groups in total. The normalized spacial score (nSPS) is 11.4. The van der Waals surface area contributed by atoms with E-state index in [-0.39, 0.29) is 6.42 Å². The second-order valence-corrected chi connectivity index (χ2v) is 5.09. The molecule has 1 rings (SSSR count). The number of benzene rings is 1. The van der Waals surface area contributed by atoms with Crippen LogP contribution in [0.5, 0.6) is 5.75 Å². The summed E-state index contributed by atoms with van der Waals surface area (Å²) in [5.74, 6) is -0.0327. The molecule has 0 radical (unpaired) electrons. The lowest BCUT2D eigenvalue weighted by Gasteiger charge is -2.26. The number of carboxylic acid groups (broad SMARTS) is 1. The van der Waals surface area contributed by atoms with Crippen molar-refractivity contribution in [2.24, 2.45) is 0 Å². The summed E-state index contributed by atoms with van der Waals surface area (Å²) in [6.07, 6.45) is 0.0891. The number of hydrogen-bond donors (Lipinski definition) is 1. The zero-order valence-corrected chi connectivity index (χ0v) is 11.1. The molecule has 0 unspecified atom stereocenters. The number of carboxylic acids is 1. The van der Waals surface area contributed by atoms with Gasteiger partial charge in [0.05, 0.1) is 13.5 Å². The molecule has 0 fully saturated rings. The Hall–Kier alpha value is -1.51. The van der Waals surface area contributed by atoms with E-state index < -0.39 is 11.4 Å². The summed E-state index contributed by atoms with van der Waals surface area (Å²) < 4.78 is 5.36. The number of ether oxygens (including phenoxy) is 1. The zero-order chi connectivity index (χ0) is 13.2. The Balaban J connectivity index is 3.28. The van der Waals surface area contributed by atoms with Crippen LogP contribution in [0.4, 0.5) is 0 Å². The lowest BCUT2D eigenvalue weighted by atomic mass is 9.80. The van der Waals surface area contributed by atoms with Crippen molar-refractivity contribution in [3.8, 4) is 5.75 Å². The van der Waals surface area contributed by atoms with Gasteiger partial charge in [-0.3, -0.25) is 4.79 Å². The number of hydrogen-bond acceptors (Lipinski definition) is 2. The van der Waals surface area contributed by atoms with Crippen LogP contribution in [0.1, 0.15) is 37.0 Å². The molecule has 1 aromatic rings. The molecule has 94 valence electrons. The molecule has 0 aliphatic carbocycles. The van der Waals surface area contributed by atoms with E-state index in [0.29, 0.717) is 0 Å². The summed E-state index contributed by atoms with van der Waals surface area (Å²) >= 11 is 0. The van der Waals surface area contributed by atoms with Crippen molar-refractivity contribution >= 4 is 5.97 Å². The van der Waals surface area contributed by atoms with E-state index in [1.54, 1.807) is 7.11 Å². The van der Waals surface area contributed by atoms with E-state index in [2.05, 4.69) is 0 Å². The lowest BCUT2D eigenvalue weighted by Crippen LogP contribution is -2.22. The molecule has 0 bridgehead atoms. The van der Waals surface area contributed by atoms with Crippen LogP contribution in [0.2, 0.25) is 0 Å². The quantitative estimate of drug-likeness (QED) is 0.874. The predicted octanol–water partition coefficient (Wildman–Crippen LogP) is 3.06. The third kappa shape index (κ3) is 2.99. The number of rotatable bonds is 4. The fourth-order valence-corrected chi connectivity index (χ4v) is 1.96. The van der Waals surface area contributed by atoms with Crippen LogP contribution in [0, 0.1) is 13.8 Å². The van der Waals surface area contributed by atoms with Crippen molar-refractivity contribution in [2.45, 2.75) is 39.5 Å². The molecule has 0 heterocycles. The van der Waals surface area contributed by atoms with Gasteiger partial charge in [-0.05, 0) is 31.0 Å². The minimum Gasteiger partial charge on any atom is -0.496 e. The van der Waals surface area contributed by atoms with Crippen LogP contribution < -0.4 is 4.74 Å². The van der Waals surface area contributed by atoms with Crippen molar-refractivity contribution in [2.75, 3.05) is 7.11 Å². The number of methoxy groups -OCH3 is 1. The van der Waals surface area contributed by atoms with Gasteiger partial charge < -0.3 is 9.84 Å². The summed E-state index contributed by atoms with van der Waals surface area (Å²) in [6.45, 7) is 7.89. The third-order valence-electron chi connectivity index (χ3n) is 3.14. The Kier molecular flexibility index (Phi) is 3.81. The first-order valence-electron chi connectivity index (χ1n) is 5.65. The van der Waals surface area contributed by atoms with E-state index in [4.69, 9.17) is 9.84 Å². The molecule has 0 aliphatic rings. The first-order chi connectivity index (χ1) is 7.77. The fourth-order valence-electron chi connectivity index (χ4n) is 1.96. The van der Waals surface area contributed by atoms with E-state index in [1.165, 1.54) is 0 Å². The molecule has 0 aliphatic heterocycles. The van der Waals surface area contributed by atoms with Gasteiger partial charge in [0, 0.05) is 11.0 Å². The lowest BCUT2D eigenvalue weighted by molar-refractivity contribution is -0.138. The predicted molar refractivity (Wildman–Crippen MR) is 67.7 cm³/mol. The molecule has 0 saturated carbocycles. The van der Waals surface area contributed by atoms with Crippen LogP contribution in [-0.4, -0.2) is 18.2 Å². The number of aliphatic carboxylic acids is 1. The van der Waals surface area contributed by atoms with Crippen LogP contribution in [0.15, 0.2) is 12.1 Å². The average Bonchev–Trinajstić information content (AvgIpc) is 2.19. The smallest absolute Gasteiger partial charge is 0.304 e. The molecule has 3 heteroatoms. The standard InChI is InChI=1S/C14H20O3/c1-9-6-11(12(17-5)7-10(9)2)14(3,4)8-13(15)16/h6-7H,8H2,1-5H3,(H,15,16). The van der Waals surface area contributed by atoms with Crippen molar-refractivity contribution in [3.63, 3.8) is 0 Å². The SMILES string of the molecule is COc1cc(C)c(C)cc1C(C)(C)CC(=O)O. The molecule has 0 atom stereocenters. The van der Waals surface area contributed by atoms with Gasteiger partial charge in [0.15, 0.2) is 0 Å². The minimum absolute atomic E-state index is 0.0891. The van der Waals surface area contributed by atoms with E-state index in [9.17, 15) is 4.79 Å². The highest BCUT2D eigenvalue weighted by Gasteiger charge is 2.27. The molecule has 3 nitrogen and oxygen atoms in total. The minimum atomic E-state index is -0.796. The topological polar surface area (TPSA) is 46.5 Å². The molecule has 0 aromatic heterocycles. The van der Waals surface area contributed by atoms with E-state index >= 15 is 0 Å². The summed E-state index contributed by atoms with van der Waals surface area (Å²) in [5.41, 5.74) is 2.82. The molecule has 17 heavy (non-hydrogen) atoms. The highest BCUT2D eigenvalue weighted by atomic mass is 16.5. The van der Waals surface area contributed by atoms with Crippen molar-refractivity contribution in [1.29, 1.82) is 0 Å². The average molecular weight is 236 g/mol. The van der Waals surface area contributed by atoms with Gasteiger partial charge in [0.2, 0.25) is 0 Å². The Morgan fingerprint density at radius 2 is 1.82 bits per heavy atom. The summed E-state index contributed by atoms with van der Waals surface area (Å²) in [5, 5.41) is 8.96. The molecule has 0 spiro atoms. The highest BCUT2D eigenvalue weighted by Crippen LogP contribution is 2.36. The maximum absolute atomic E-state index is 10.9.